The first-order valence-corrected chi connectivity index (χ1v) is 19.3. The predicted molar refractivity (Wildman–Crippen MR) is 165 cm³/mol. The first-order valence-electron chi connectivity index (χ1n) is 13.5. The molecule has 226 valence electrons. The Morgan fingerprint density at radius 2 is 1.00 bits per heavy atom. The molecule has 0 saturated carbocycles. The van der Waals surface area contributed by atoms with E-state index in [1.54, 1.807) is 31.4 Å². The molecule has 2 aromatic rings. The molecule has 0 aliphatic carbocycles. The highest BCUT2D eigenvalue weighted by Gasteiger charge is 2.44. The number of aliphatic hydroxyl groups is 2. The molecule has 0 spiro atoms. The van der Waals surface area contributed by atoms with Gasteiger partial charge in [-0.25, -0.2) is 0 Å². The molecule has 2 aromatic carbocycles. The van der Waals surface area contributed by atoms with Gasteiger partial charge in [0, 0.05) is 5.56 Å². The summed E-state index contributed by atoms with van der Waals surface area (Å²) in [5, 5.41) is 23.0. The summed E-state index contributed by atoms with van der Waals surface area (Å²) < 4.78 is 35.8. The number of hydrogen-bond donors (Lipinski definition) is 2. The van der Waals surface area contributed by atoms with Gasteiger partial charge in [0.1, 0.15) is 12.2 Å². The Morgan fingerprint density at radius 1 is 0.575 bits per heavy atom. The Bertz CT molecular complexity index is 1140. The van der Waals surface area contributed by atoms with Crippen LogP contribution in [0.1, 0.15) is 64.9 Å². The fourth-order valence-electron chi connectivity index (χ4n) is 3.60. The van der Waals surface area contributed by atoms with Crippen LogP contribution in [0.3, 0.4) is 0 Å². The van der Waals surface area contributed by atoms with E-state index < -0.39 is 28.8 Å². The van der Waals surface area contributed by atoms with Crippen LogP contribution in [-0.4, -0.2) is 55.3 Å². The second kappa shape index (κ2) is 12.2. The van der Waals surface area contributed by atoms with Crippen LogP contribution in [0.15, 0.2) is 24.3 Å². The van der Waals surface area contributed by atoms with Crippen LogP contribution in [-0.2, 0) is 0 Å². The lowest BCUT2D eigenvalue weighted by molar-refractivity contribution is 0.0158. The van der Waals surface area contributed by atoms with Crippen molar-refractivity contribution in [2.75, 3.05) is 28.4 Å². The molecule has 2 atom stereocenters. The average Bonchev–Trinajstić information content (AvgIpc) is 2.86. The van der Waals surface area contributed by atoms with Gasteiger partial charge in [0.2, 0.25) is 5.75 Å². The lowest BCUT2D eigenvalue weighted by Gasteiger charge is -2.41. The molecule has 40 heavy (non-hydrogen) atoms. The topological polar surface area (TPSA) is 95.8 Å². The second-order valence-electron chi connectivity index (χ2n) is 13.1. The van der Waals surface area contributed by atoms with E-state index >= 15 is 0 Å². The first-order chi connectivity index (χ1) is 18.3. The van der Waals surface area contributed by atoms with E-state index in [4.69, 9.17) is 27.8 Å². The molecule has 0 unspecified atom stereocenters. The SMILES string of the molecule is COc1cc([C@H](O)[C@@H](O)c2ccc(OC)c(O[Si](C)(C)C(C)(C)C)c2O[Si](C)(C)C(C)(C)C)cc(OC)c1OC. The van der Waals surface area contributed by atoms with Crippen LogP contribution < -0.4 is 27.8 Å². The zero-order valence-electron chi connectivity index (χ0n) is 26.8. The highest BCUT2D eigenvalue weighted by Crippen LogP contribution is 2.51. The van der Waals surface area contributed by atoms with Gasteiger partial charge in [-0.1, -0.05) is 41.5 Å². The van der Waals surface area contributed by atoms with Gasteiger partial charge in [-0.2, -0.15) is 0 Å². The average molecular weight is 595 g/mol. The summed E-state index contributed by atoms with van der Waals surface area (Å²) in [6.07, 6.45) is -2.71. The Balaban J connectivity index is 2.81. The Hall–Kier alpha value is -2.41. The molecular weight excluding hydrogens is 544 g/mol. The summed E-state index contributed by atoms with van der Waals surface area (Å²) in [6, 6.07) is 6.73. The summed E-state index contributed by atoms with van der Waals surface area (Å²) >= 11 is 0. The van der Waals surface area contributed by atoms with Crippen molar-refractivity contribution in [3.63, 3.8) is 0 Å². The van der Waals surface area contributed by atoms with Crippen molar-refractivity contribution in [2.45, 2.75) is 90.0 Å². The summed E-state index contributed by atoms with van der Waals surface area (Å²) in [6.45, 7) is 21.5. The Labute approximate surface area is 242 Å². The van der Waals surface area contributed by atoms with Crippen molar-refractivity contribution in [1.82, 2.24) is 0 Å². The summed E-state index contributed by atoms with van der Waals surface area (Å²) in [7, 11) is 1.30. The van der Waals surface area contributed by atoms with Gasteiger partial charge in [0.25, 0.3) is 16.6 Å². The summed E-state index contributed by atoms with van der Waals surface area (Å²) in [4.78, 5) is 0. The minimum Gasteiger partial charge on any atom is -0.541 e. The molecule has 2 rings (SSSR count). The van der Waals surface area contributed by atoms with E-state index in [1.807, 2.05) is 0 Å². The van der Waals surface area contributed by atoms with Crippen LogP contribution in [0.25, 0.3) is 0 Å². The molecule has 8 nitrogen and oxygen atoms in total. The first kappa shape index (κ1) is 33.8. The quantitative estimate of drug-likeness (QED) is 0.263. The van der Waals surface area contributed by atoms with Crippen LogP contribution >= 0.6 is 0 Å². The van der Waals surface area contributed by atoms with Crippen molar-refractivity contribution < 1.29 is 38.0 Å². The van der Waals surface area contributed by atoms with E-state index in [2.05, 4.69) is 67.7 Å². The maximum absolute atomic E-state index is 11.7. The standard InChI is InChI=1S/C30H50O8Si2/c1-29(2,3)39(11,12)37-26-20(15-16-21(33-7)28(26)38-40(13,14)30(4,5)6)25(32)24(31)19-17-22(34-8)27(36-10)23(18-19)35-9/h15-18,24-25,31-32H,1-14H3/t24-,25-/m0/s1. The molecule has 0 fully saturated rings. The monoisotopic (exact) mass is 594 g/mol. The number of benzene rings is 2. The number of aliphatic hydroxyl groups excluding tert-OH is 2. The van der Waals surface area contributed by atoms with Crippen LogP contribution in [0.2, 0.25) is 36.3 Å². The van der Waals surface area contributed by atoms with E-state index in [1.165, 1.54) is 21.3 Å². The molecular formula is C30H50O8Si2. The fraction of sp³-hybridized carbons (Fsp3) is 0.600. The van der Waals surface area contributed by atoms with Gasteiger partial charge < -0.3 is 38.0 Å². The molecule has 0 amide bonds. The number of rotatable bonds is 11. The minimum absolute atomic E-state index is 0.101. The smallest absolute Gasteiger partial charge is 0.250 e. The molecule has 2 N–H and O–H groups in total. The molecule has 0 aliphatic rings. The predicted octanol–water partition coefficient (Wildman–Crippen LogP) is 7.26. The normalized spacial score (nSPS) is 14.3. The second-order valence-corrected chi connectivity index (χ2v) is 22.5. The molecule has 0 bridgehead atoms. The lowest BCUT2D eigenvalue weighted by Crippen LogP contribution is -2.46. The van der Waals surface area contributed by atoms with Crippen LogP contribution in [0.5, 0.6) is 34.5 Å². The number of hydrogen-bond acceptors (Lipinski definition) is 8. The van der Waals surface area contributed by atoms with Crippen molar-refractivity contribution >= 4 is 16.6 Å². The van der Waals surface area contributed by atoms with E-state index in [9.17, 15) is 10.2 Å². The molecule has 0 aromatic heterocycles. The molecule has 0 heterocycles. The minimum atomic E-state index is -2.44. The highest BCUT2D eigenvalue weighted by molar-refractivity contribution is 6.75. The van der Waals surface area contributed by atoms with Gasteiger partial charge >= 0.3 is 0 Å². The van der Waals surface area contributed by atoms with Crippen LogP contribution in [0, 0.1) is 0 Å². The third kappa shape index (κ3) is 6.90. The molecule has 0 radical (unpaired) electrons. The maximum Gasteiger partial charge on any atom is 0.250 e. The van der Waals surface area contributed by atoms with E-state index in [0.717, 1.165) is 0 Å². The largest absolute Gasteiger partial charge is 0.541 e. The molecule has 0 saturated heterocycles. The summed E-state index contributed by atoms with van der Waals surface area (Å²) in [5.74, 6) is 2.50. The number of methoxy groups -OCH3 is 4. The molecule has 10 heteroatoms. The maximum atomic E-state index is 11.7. The zero-order chi connectivity index (χ0) is 30.8. The van der Waals surface area contributed by atoms with Crippen LogP contribution in [0.4, 0.5) is 0 Å². The van der Waals surface area contributed by atoms with Gasteiger partial charge in [-0.3, -0.25) is 0 Å². The number of ether oxygens (including phenoxy) is 4. The highest BCUT2D eigenvalue weighted by atomic mass is 28.4. The van der Waals surface area contributed by atoms with Crippen molar-refractivity contribution in [3.8, 4) is 34.5 Å². The van der Waals surface area contributed by atoms with Gasteiger partial charge in [0.05, 0.1) is 28.4 Å². The zero-order valence-corrected chi connectivity index (χ0v) is 28.8. The third-order valence-electron chi connectivity index (χ3n) is 8.30. The van der Waals surface area contributed by atoms with Gasteiger partial charge in [-0.15, -0.1) is 0 Å². The lowest BCUT2D eigenvalue weighted by atomic mass is 9.96. The van der Waals surface area contributed by atoms with Gasteiger partial charge in [-0.05, 0) is 66.1 Å². The van der Waals surface area contributed by atoms with Crippen molar-refractivity contribution in [1.29, 1.82) is 0 Å². The Morgan fingerprint density at radius 3 is 1.38 bits per heavy atom. The molecule has 0 aliphatic heterocycles. The van der Waals surface area contributed by atoms with Crippen molar-refractivity contribution in [3.05, 3.63) is 35.4 Å². The van der Waals surface area contributed by atoms with Crippen molar-refractivity contribution in [2.24, 2.45) is 0 Å². The third-order valence-corrected chi connectivity index (χ3v) is 17.0. The van der Waals surface area contributed by atoms with Gasteiger partial charge in [0.15, 0.2) is 28.7 Å². The Kier molecular flexibility index (Phi) is 10.3. The van der Waals surface area contributed by atoms with E-state index in [0.29, 0.717) is 45.6 Å². The fourth-order valence-corrected chi connectivity index (χ4v) is 5.63. The van der Waals surface area contributed by atoms with E-state index in [-0.39, 0.29) is 10.1 Å². The summed E-state index contributed by atoms with van der Waals surface area (Å²) in [5.41, 5.74) is 0.795.